The molecule has 4 nitrogen and oxygen atoms in total. The first kappa shape index (κ1) is 14.7. The number of rotatable bonds is 3. The van der Waals surface area contributed by atoms with Crippen molar-refractivity contribution in [3.8, 4) is 0 Å². The third kappa shape index (κ3) is 2.76. The molecule has 1 aromatic carbocycles. The minimum Gasteiger partial charge on any atom is -0.328 e. The van der Waals surface area contributed by atoms with Crippen LogP contribution < -0.4 is 5.73 Å². The summed E-state index contributed by atoms with van der Waals surface area (Å²) in [5, 5.41) is -0.191. The van der Waals surface area contributed by atoms with E-state index in [1.807, 2.05) is 6.92 Å². The molecule has 1 aliphatic heterocycles. The first-order valence-electron chi connectivity index (χ1n) is 6.03. The lowest BCUT2D eigenvalue weighted by Gasteiger charge is -2.18. The third-order valence-corrected chi connectivity index (χ3v) is 5.64. The second kappa shape index (κ2) is 5.36. The van der Waals surface area contributed by atoms with E-state index < -0.39 is 15.8 Å². The maximum absolute atomic E-state index is 13.8. The van der Waals surface area contributed by atoms with E-state index in [4.69, 9.17) is 17.3 Å². The van der Waals surface area contributed by atoms with Crippen molar-refractivity contribution in [2.45, 2.75) is 24.3 Å². The molecular formula is C12H16ClFN2O2S. The number of nitrogens with zero attached hydrogens (tertiary/aromatic N) is 1. The van der Waals surface area contributed by atoms with Gasteiger partial charge in [-0.05, 0) is 31.4 Å². The van der Waals surface area contributed by atoms with E-state index in [2.05, 4.69) is 0 Å². The van der Waals surface area contributed by atoms with Crippen LogP contribution in [0.3, 0.4) is 0 Å². The molecule has 7 heteroatoms. The highest BCUT2D eigenvalue weighted by molar-refractivity contribution is 7.89. The Kier molecular flexibility index (Phi) is 4.15. The molecule has 0 aromatic heterocycles. The van der Waals surface area contributed by atoms with Gasteiger partial charge in [-0.25, -0.2) is 12.8 Å². The molecule has 0 radical (unpaired) electrons. The lowest BCUT2D eigenvalue weighted by molar-refractivity contribution is 0.426. The van der Waals surface area contributed by atoms with Crippen LogP contribution in [0.15, 0.2) is 23.1 Å². The highest BCUT2D eigenvalue weighted by atomic mass is 35.5. The van der Waals surface area contributed by atoms with E-state index in [0.29, 0.717) is 19.5 Å². The summed E-state index contributed by atoms with van der Waals surface area (Å²) in [7, 11) is -3.84. The fourth-order valence-electron chi connectivity index (χ4n) is 2.22. The van der Waals surface area contributed by atoms with Crippen molar-refractivity contribution in [1.82, 2.24) is 4.31 Å². The van der Waals surface area contributed by atoms with Crippen molar-refractivity contribution in [1.29, 1.82) is 0 Å². The molecule has 1 aromatic rings. The van der Waals surface area contributed by atoms with E-state index in [1.165, 1.54) is 22.5 Å². The highest BCUT2D eigenvalue weighted by Crippen LogP contribution is 2.29. The minimum atomic E-state index is -3.84. The van der Waals surface area contributed by atoms with Gasteiger partial charge in [-0.2, -0.15) is 4.31 Å². The topological polar surface area (TPSA) is 63.4 Å². The molecule has 1 heterocycles. The van der Waals surface area contributed by atoms with E-state index in [-0.39, 0.29) is 21.9 Å². The van der Waals surface area contributed by atoms with Crippen molar-refractivity contribution >= 4 is 21.6 Å². The van der Waals surface area contributed by atoms with E-state index in [9.17, 15) is 12.8 Å². The summed E-state index contributed by atoms with van der Waals surface area (Å²) in [4.78, 5) is -0.370. The van der Waals surface area contributed by atoms with Gasteiger partial charge in [0.1, 0.15) is 4.90 Å². The van der Waals surface area contributed by atoms with Crippen LogP contribution in [-0.2, 0) is 10.0 Å². The van der Waals surface area contributed by atoms with Crippen LogP contribution in [0.25, 0.3) is 0 Å². The lowest BCUT2D eigenvalue weighted by atomic mass is 10.0. The predicted octanol–water partition coefficient (Wildman–Crippen LogP) is 1.84. The van der Waals surface area contributed by atoms with Gasteiger partial charge >= 0.3 is 0 Å². The first-order valence-corrected chi connectivity index (χ1v) is 7.85. The zero-order valence-electron chi connectivity index (χ0n) is 10.5. The van der Waals surface area contributed by atoms with Crippen LogP contribution in [0.1, 0.15) is 13.3 Å². The third-order valence-electron chi connectivity index (χ3n) is 3.46. The molecular weight excluding hydrogens is 291 g/mol. The zero-order valence-corrected chi connectivity index (χ0v) is 12.1. The van der Waals surface area contributed by atoms with Gasteiger partial charge < -0.3 is 5.73 Å². The van der Waals surface area contributed by atoms with Gasteiger partial charge in [0.2, 0.25) is 10.0 Å². The van der Waals surface area contributed by atoms with E-state index in [0.717, 1.165) is 0 Å². The van der Waals surface area contributed by atoms with E-state index in [1.54, 1.807) is 0 Å². The monoisotopic (exact) mass is 306 g/mol. The maximum atomic E-state index is 13.8. The molecule has 0 bridgehead atoms. The summed E-state index contributed by atoms with van der Waals surface area (Å²) in [6, 6.07) is 3.90. The number of hydrogen-bond donors (Lipinski definition) is 1. The molecule has 106 valence electrons. The average Bonchev–Trinajstić information content (AvgIpc) is 2.82. The normalized spacial score (nSPS) is 22.6. The van der Waals surface area contributed by atoms with Crippen molar-refractivity contribution < 1.29 is 12.8 Å². The summed E-state index contributed by atoms with van der Waals surface area (Å²) in [5.41, 5.74) is 5.78. The largest absolute Gasteiger partial charge is 0.328 e. The molecule has 2 N–H and O–H groups in total. The number of benzene rings is 1. The number of sulfonamides is 1. The number of halogens is 2. The summed E-state index contributed by atoms with van der Waals surface area (Å²) >= 11 is 5.63. The summed E-state index contributed by atoms with van der Waals surface area (Å²) in [6.07, 6.45) is 0.694. The molecule has 2 atom stereocenters. The van der Waals surface area contributed by atoms with Gasteiger partial charge in [-0.1, -0.05) is 17.7 Å². The number of nitrogens with two attached hydrogens (primary N) is 1. The highest BCUT2D eigenvalue weighted by Gasteiger charge is 2.35. The standard InChI is InChI=1S/C12H16ClFN2O2S/c1-8(15)9-5-6-16(7-9)19(17,18)11-4-2-3-10(13)12(11)14/h2-4,8-9H,5-7,15H2,1H3. The maximum Gasteiger partial charge on any atom is 0.246 e. The Balaban J connectivity index is 2.31. The van der Waals surface area contributed by atoms with Gasteiger partial charge in [0.25, 0.3) is 0 Å². The Bertz CT molecular complexity index is 577. The van der Waals surface area contributed by atoms with E-state index >= 15 is 0 Å². The second-order valence-corrected chi connectivity index (χ2v) is 7.14. The van der Waals surface area contributed by atoms with Crippen LogP contribution in [0, 0.1) is 11.7 Å². The zero-order chi connectivity index (χ0) is 14.2. The van der Waals surface area contributed by atoms with Crippen LogP contribution >= 0.6 is 11.6 Å². The lowest BCUT2D eigenvalue weighted by Crippen LogP contribution is -2.33. The molecule has 1 fully saturated rings. The SMILES string of the molecule is CC(N)C1CCN(S(=O)(=O)c2cccc(Cl)c2F)C1. The van der Waals surface area contributed by atoms with Crippen molar-refractivity contribution in [2.75, 3.05) is 13.1 Å². The fourth-order valence-corrected chi connectivity index (χ4v) is 4.05. The fraction of sp³-hybridized carbons (Fsp3) is 0.500. The summed E-state index contributed by atoms with van der Waals surface area (Å²) in [6.45, 7) is 2.53. The van der Waals surface area contributed by atoms with Gasteiger partial charge in [0.05, 0.1) is 5.02 Å². The molecule has 1 aliphatic rings. The molecule has 0 spiro atoms. The van der Waals surface area contributed by atoms with Gasteiger partial charge in [0.15, 0.2) is 5.82 Å². The minimum absolute atomic E-state index is 0.0793. The van der Waals surface area contributed by atoms with Crippen molar-refractivity contribution in [3.05, 3.63) is 29.0 Å². The molecule has 2 unspecified atom stereocenters. The van der Waals surface area contributed by atoms with Crippen molar-refractivity contribution in [2.24, 2.45) is 11.7 Å². The van der Waals surface area contributed by atoms with Crippen molar-refractivity contribution in [3.63, 3.8) is 0 Å². The Hall–Kier alpha value is -0.690. The molecule has 19 heavy (non-hydrogen) atoms. The smallest absolute Gasteiger partial charge is 0.246 e. The molecule has 0 aliphatic carbocycles. The molecule has 0 saturated carbocycles. The molecule has 2 rings (SSSR count). The quantitative estimate of drug-likeness (QED) is 0.927. The van der Waals surface area contributed by atoms with Crippen LogP contribution in [0.5, 0.6) is 0 Å². The van der Waals surface area contributed by atoms with Crippen LogP contribution in [-0.4, -0.2) is 31.9 Å². The average molecular weight is 307 g/mol. The van der Waals surface area contributed by atoms with Gasteiger partial charge in [-0.3, -0.25) is 0 Å². The number of hydrogen-bond acceptors (Lipinski definition) is 3. The first-order chi connectivity index (χ1) is 8.84. The van der Waals surface area contributed by atoms with Crippen LogP contribution in [0.4, 0.5) is 4.39 Å². The Morgan fingerprint density at radius 2 is 2.21 bits per heavy atom. The summed E-state index contributed by atoms with van der Waals surface area (Å²) < 4.78 is 39.8. The van der Waals surface area contributed by atoms with Gasteiger partial charge in [-0.15, -0.1) is 0 Å². The predicted molar refractivity (Wildman–Crippen MR) is 71.9 cm³/mol. The molecule has 0 amide bonds. The second-order valence-electron chi connectivity index (χ2n) is 4.82. The molecule has 1 saturated heterocycles. The Morgan fingerprint density at radius 1 is 1.53 bits per heavy atom. The Labute approximate surface area is 117 Å². The van der Waals surface area contributed by atoms with Gasteiger partial charge in [0, 0.05) is 19.1 Å². The Morgan fingerprint density at radius 3 is 2.79 bits per heavy atom. The van der Waals surface area contributed by atoms with Crippen LogP contribution in [0.2, 0.25) is 5.02 Å². The summed E-state index contributed by atoms with van der Waals surface area (Å²) in [5.74, 6) is -0.787.